The number of urea groups is 1. The lowest BCUT2D eigenvalue weighted by Crippen LogP contribution is -2.48. The van der Waals surface area contributed by atoms with Crippen molar-refractivity contribution < 1.29 is 19.2 Å². The summed E-state index contributed by atoms with van der Waals surface area (Å²) in [5, 5.41) is 0. The minimum atomic E-state index is -0.937. The molecule has 0 spiro atoms. The lowest BCUT2D eigenvalue weighted by Gasteiger charge is -2.35. The first-order valence-corrected chi connectivity index (χ1v) is 8.03. The molecule has 1 saturated heterocycles. The highest BCUT2D eigenvalue weighted by atomic mass is 16.2. The molecule has 0 unspecified atom stereocenters. The zero-order chi connectivity index (χ0) is 17.4. The van der Waals surface area contributed by atoms with Crippen LogP contribution < -0.4 is 4.90 Å². The van der Waals surface area contributed by atoms with E-state index in [9.17, 15) is 19.2 Å². The van der Waals surface area contributed by atoms with Crippen molar-refractivity contribution in [3.8, 4) is 0 Å². The van der Waals surface area contributed by atoms with Crippen LogP contribution in [0.3, 0.4) is 0 Å². The maximum atomic E-state index is 12.8. The molecule has 0 N–H and O–H groups in total. The number of aryl methyl sites for hydroxylation is 1. The third-order valence-corrected chi connectivity index (χ3v) is 4.54. The molecule has 24 heavy (non-hydrogen) atoms. The average Bonchev–Trinajstić information content (AvgIpc) is 2.77. The third kappa shape index (κ3) is 2.46. The molecule has 3 rings (SSSR count). The summed E-state index contributed by atoms with van der Waals surface area (Å²) in [5.41, 5.74) is 1.87. The van der Waals surface area contributed by atoms with E-state index >= 15 is 0 Å². The molecule has 2 aliphatic rings. The van der Waals surface area contributed by atoms with Gasteiger partial charge in [0.15, 0.2) is 0 Å². The Morgan fingerprint density at radius 3 is 2.46 bits per heavy atom. The maximum absolute atomic E-state index is 12.8. The van der Waals surface area contributed by atoms with Crippen molar-refractivity contribution in [2.75, 3.05) is 18.0 Å². The minimum Gasteiger partial charge on any atom is -0.308 e. The lowest BCUT2D eigenvalue weighted by atomic mass is 9.96. The van der Waals surface area contributed by atoms with Gasteiger partial charge in [-0.1, -0.05) is 18.2 Å². The van der Waals surface area contributed by atoms with Crippen molar-refractivity contribution >= 4 is 29.4 Å². The first-order valence-electron chi connectivity index (χ1n) is 8.03. The monoisotopic (exact) mass is 329 g/mol. The number of para-hydroxylation sites is 1. The average molecular weight is 329 g/mol. The molecule has 2 heterocycles. The molecule has 5 amide bonds. The summed E-state index contributed by atoms with van der Waals surface area (Å²) < 4.78 is 0. The van der Waals surface area contributed by atoms with E-state index in [4.69, 9.17) is 0 Å². The number of anilines is 1. The topological polar surface area (TPSA) is 78.0 Å². The number of nitrogens with zero attached hydrogens (tertiary/aromatic N) is 3. The lowest BCUT2D eigenvalue weighted by molar-refractivity contribution is -0.143. The number of fused-ring (bicyclic) bond motifs is 1. The number of carbonyl (C=O) groups excluding carboxylic acids is 4. The number of carbonyl (C=O) groups is 4. The van der Waals surface area contributed by atoms with Crippen LogP contribution in [-0.4, -0.2) is 52.7 Å². The van der Waals surface area contributed by atoms with Crippen LogP contribution in [0.1, 0.15) is 25.8 Å². The van der Waals surface area contributed by atoms with E-state index in [-0.39, 0.29) is 18.5 Å². The van der Waals surface area contributed by atoms with E-state index in [1.54, 1.807) is 11.8 Å². The van der Waals surface area contributed by atoms with Gasteiger partial charge in [0, 0.05) is 18.3 Å². The predicted molar refractivity (Wildman–Crippen MR) is 86.2 cm³/mol. The number of benzene rings is 1. The molecule has 0 aliphatic carbocycles. The fourth-order valence-electron chi connectivity index (χ4n) is 3.25. The van der Waals surface area contributed by atoms with Crippen LogP contribution in [0.15, 0.2) is 24.3 Å². The molecule has 1 aromatic carbocycles. The largest absolute Gasteiger partial charge is 0.334 e. The summed E-state index contributed by atoms with van der Waals surface area (Å²) in [6.45, 7) is 3.23. The Morgan fingerprint density at radius 1 is 1.12 bits per heavy atom. The predicted octanol–water partition coefficient (Wildman–Crippen LogP) is 1.16. The van der Waals surface area contributed by atoms with Crippen LogP contribution in [0, 0.1) is 0 Å². The molecular weight excluding hydrogens is 310 g/mol. The molecule has 2 aliphatic heterocycles. The Labute approximate surface area is 139 Å². The van der Waals surface area contributed by atoms with Gasteiger partial charge >= 0.3 is 17.8 Å². The van der Waals surface area contributed by atoms with Gasteiger partial charge in [-0.05, 0) is 38.3 Å². The number of likely N-dealkylation sites (N-methyl/N-ethyl adjacent to an activating group) is 1. The van der Waals surface area contributed by atoms with Gasteiger partial charge < -0.3 is 4.90 Å². The van der Waals surface area contributed by atoms with Crippen molar-refractivity contribution in [3.63, 3.8) is 0 Å². The van der Waals surface area contributed by atoms with Crippen LogP contribution in [0.4, 0.5) is 10.5 Å². The molecule has 7 nitrogen and oxygen atoms in total. The first kappa shape index (κ1) is 16.2. The van der Waals surface area contributed by atoms with Crippen LogP contribution in [0.2, 0.25) is 0 Å². The minimum absolute atomic E-state index is 0.0295. The van der Waals surface area contributed by atoms with Crippen molar-refractivity contribution in [2.45, 2.75) is 32.7 Å². The van der Waals surface area contributed by atoms with Gasteiger partial charge in [0.2, 0.25) is 5.91 Å². The maximum Gasteiger partial charge on any atom is 0.334 e. The van der Waals surface area contributed by atoms with E-state index in [0.29, 0.717) is 0 Å². The molecule has 0 bridgehead atoms. The zero-order valence-corrected chi connectivity index (χ0v) is 13.7. The van der Waals surface area contributed by atoms with E-state index in [1.165, 1.54) is 0 Å². The van der Waals surface area contributed by atoms with Crippen LogP contribution >= 0.6 is 0 Å². The highest BCUT2D eigenvalue weighted by Crippen LogP contribution is 2.30. The Kier molecular flexibility index (Phi) is 4.09. The standard InChI is InChI=1S/C17H19N3O4/c1-3-18-15(22)16(23)19(17(18)24)10-14(21)20-11(2)8-9-12-6-4-5-7-13(12)20/h4-7,11H,3,8-10H2,1-2H3/t11-/m0/s1. The number of rotatable bonds is 3. The van der Waals surface area contributed by atoms with Gasteiger partial charge in [0.1, 0.15) is 6.54 Å². The SMILES string of the molecule is CCN1C(=O)C(=O)N(CC(=O)N2c3ccccc3CC[C@@H]2C)C1=O. The molecule has 1 atom stereocenters. The molecular formula is C17H19N3O4. The van der Waals surface area contributed by atoms with E-state index in [1.807, 2.05) is 31.2 Å². The fourth-order valence-corrected chi connectivity index (χ4v) is 3.25. The first-order chi connectivity index (χ1) is 11.5. The van der Waals surface area contributed by atoms with Crippen molar-refractivity contribution in [3.05, 3.63) is 29.8 Å². The smallest absolute Gasteiger partial charge is 0.308 e. The Balaban J connectivity index is 1.84. The second kappa shape index (κ2) is 6.07. The normalized spacial score (nSPS) is 20.7. The van der Waals surface area contributed by atoms with Crippen LogP contribution in [-0.2, 0) is 20.8 Å². The highest BCUT2D eigenvalue weighted by molar-refractivity contribution is 6.45. The van der Waals surface area contributed by atoms with E-state index < -0.39 is 24.4 Å². The number of imide groups is 2. The number of hydrogen-bond acceptors (Lipinski definition) is 4. The Bertz CT molecular complexity index is 730. The molecule has 0 radical (unpaired) electrons. The van der Waals surface area contributed by atoms with Crippen molar-refractivity contribution in [2.24, 2.45) is 0 Å². The summed E-state index contributed by atoms with van der Waals surface area (Å²) >= 11 is 0. The van der Waals surface area contributed by atoms with Crippen molar-refractivity contribution in [1.82, 2.24) is 9.80 Å². The van der Waals surface area contributed by atoms with E-state index in [2.05, 4.69) is 0 Å². The highest BCUT2D eigenvalue weighted by Gasteiger charge is 2.45. The molecule has 0 aromatic heterocycles. The summed E-state index contributed by atoms with van der Waals surface area (Å²) in [6, 6.07) is 6.85. The Morgan fingerprint density at radius 2 is 1.79 bits per heavy atom. The molecule has 126 valence electrons. The second-order valence-corrected chi connectivity index (χ2v) is 6.00. The molecule has 1 aromatic rings. The van der Waals surface area contributed by atoms with Gasteiger partial charge in [-0.15, -0.1) is 0 Å². The summed E-state index contributed by atoms with van der Waals surface area (Å²) in [7, 11) is 0. The quantitative estimate of drug-likeness (QED) is 0.616. The zero-order valence-electron chi connectivity index (χ0n) is 13.7. The third-order valence-electron chi connectivity index (χ3n) is 4.54. The van der Waals surface area contributed by atoms with Gasteiger partial charge in [0.25, 0.3) is 0 Å². The second-order valence-electron chi connectivity index (χ2n) is 6.00. The number of hydrogen-bond donors (Lipinski definition) is 0. The molecule has 0 saturated carbocycles. The number of amides is 5. The van der Waals surface area contributed by atoms with Gasteiger partial charge in [-0.2, -0.15) is 0 Å². The molecule has 1 fully saturated rings. The molecule has 7 heteroatoms. The summed E-state index contributed by atoms with van der Waals surface area (Å²) in [6.07, 6.45) is 1.69. The van der Waals surface area contributed by atoms with Crippen molar-refractivity contribution in [1.29, 1.82) is 0 Å². The van der Waals surface area contributed by atoms with Crippen LogP contribution in [0.5, 0.6) is 0 Å². The van der Waals surface area contributed by atoms with E-state index in [0.717, 1.165) is 33.9 Å². The van der Waals surface area contributed by atoms with Crippen LogP contribution in [0.25, 0.3) is 0 Å². The Hall–Kier alpha value is -2.70. The summed E-state index contributed by atoms with van der Waals surface area (Å²) in [4.78, 5) is 51.9. The van der Waals surface area contributed by atoms with Gasteiger partial charge in [-0.3, -0.25) is 19.3 Å². The van der Waals surface area contributed by atoms with Gasteiger partial charge in [0.05, 0.1) is 0 Å². The summed E-state index contributed by atoms with van der Waals surface area (Å²) in [5.74, 6) is -2.17. The van der Waals surface area contributed by atoms with Gasteiger partial charge in [-0.25, -0.2) is 9.69 Å². The fraction of sp³-hybridized carbons (Fsp3) is 0.412.